The largest absolute Gasteiger partial charge is 0.280 e. The third-order valence-corrected chi connectivity index (χ3v) is 4.16. The molecule has 4 nitrogen and oxygen atoms in total. The molecule has 2 aliphatic rings. The van der Waals surface area contributed by atoms with Gasteiger partial charge in [0.05, 0.1) is 21.8 Å². The molecule has 2 heterocycles. The molecule has 0 bridgehead atoms. The van der Waals surface area contributed by atoms with E-state index in [1.807, 2.05) is 62.4 Å². The molecule has 24 heavy (non-hydrogen) atoms. The van der Waals surface area contributed by atoms with Crippen molar-refractivity contribution < 1.29 is 0 Å². The van der Waals surface area contributed by atoms with E-state index in [0.29, 0.717) is 21.8 Å². The van der Waals surface area contributed by atoms with Crippen LogP contribution in [0.1, 0.15) is 11.1 Å². The van der Waals surface area contributed by atoms with E-state index in [1.54, 1.807) is 0 Å². The molecule has 0 fully saturated rings. The fourth-order valence-electron chi connectivity index (χ4n) is 3.08. The second-order valence-electron chi connectivity index (χ2n) is 6.02. The number of hydrogen-bond acceptors (Lipinski definition) is 4. The average Bonchev–Trinajstić information content (AvgIpc) is 3.07. The third-order valence-electron chi connectivity index (χ3n) is 4.16. The number of nitrogens with zero attached hydrogens (tertiary/aromatic N) is 2. The average molecular weight is 314 g/mol. The summed E-state index contributed by atoms with van der Waals surface area (Å²) in [6, 6.07) is 15.2. The molecule has 4 rings (SSSR count). The van der Waals surface area contributed by atoms with Gasteiger partial charge in [-0.1, -0.05) is 47.5 Å². The van der Waals surface area contributed by atoms with Crippen molar-refractivity contribution in [3.63, 3.8) is 0 Å². The molecule has 2 aromatic carbocycles. The fourth-order valence-corrected chi connectivity index (χ4v) is 3.08. The summed E-state index contributed by atoms with van der Waals surface area (Å²) >= 11 is 0. The van der Waals surface area contributed by atoms with Crippen molar-refractivity contribution in [2.45, 2.75) is 13.8 Å². The van der Waals surface area contributed by atoms with Gasteiger partial charge in [-0.3, -0.25) is 9.59 Å². The molecule has 0 amide bonds. The Morgan fingerprint density at radius 3 is 1.46 bits per heavy atom. The molecule has 0 N–H and O–H groups in total. The molecule has 0 unspecified atom stereocenters. The van der Waals surface area contributed by atoms with Crippen LogP contribution in [0, 0.1) is 24.3 Å². The van der Waals surface area contributed by atoms with Gasteiger partial charge in [0.15, 0.2) is 0 Å². The summed E-state index contributed by atoms with van der Waals surface area (Å²) in [7, 11) is 0. The quantitative estimate of drug-likeness (QED) is 0.571. The fraction of sp³-hybridized carbons (Fsp3) is 0.100. The van der Waals surface area contributed by atoms with E-state index in [2.05, 4.69) is 9.97 Å². The minimum atomic E-state index is -0.396. The second kappa shape index (κ2) is 5.20. The number of rotatable bonds is 2. The predicted octanol–water partition coefficient (Wildman–Crippen LogP) is 2.75. The van der Waals surface area contributed by atoms with Gasteiger partial charge in [-0.25, -0.2) is 9.97 Å². The predicted molar refractivity (Wildman–Crippen MR) is 92.6 cm³/mol. The molecular weight excluding hydrogens is 300 g/mol. The van der Waals surface area contributed by atoms with Gasteiger partial charge in [-0.2, -0.15) is 0 Å². The van der Waals surface area contributed by atoms with E-state index in [0.717, 1.165) is 22.3 Å². The van der Waals surface area contributed by atoms with Crippen LogP contribution < -0.4 is 11.1 Å². The molecule has 2 aromatic rings. The van der Waals surface area contributed by atoms with Crippen LogP contribution in [0.25, 0.3) is 22.5 Å². The standard InChI is InChI=1S/C20H14N2O2/c1-11-5-3-7-13(9-11)17-15-16(20(24)21-17)18(22-19(15)23)14-8-4-6-12(2)10-14/h3-10H,1-2H3. The normalized spacial score (nSPS) is 11.2. The van der Waals surface area contributed by atoms with Crippen molar-refractivity contribution in [2.24, 2.45) is 0 Å². The Morgan fingerprint density at radius 1 is 0.667 bits per heavy atom. The van der Waals surface area contributed by atoms with Crippen molar-refractivity contribution >= 4 is 0 Å². The summed E-state index contributed by atoms with van der Waals surface area (Å²) < 4.78 is 0. The summed E-state index contributed by atoms with van der Waals surface area (Å²) in [6.07, 6.45) is 0. The lowest BCUT2D eigenvalue weighted by atomic mass is 10.1. The molecule has 0 atom stereocenters. The van der Waals surface area contributed by atoms with Gasteiger partial charge in [0, 0.05) is 11.1 Å². The Labute approximate surface area is 137 Å². The highest BCUT2D eigenvalue weighted by molar-refractivity contribution is 5.67. The van der Waals surface area contributed by atoms with E-state index in [-0.39, 0.29) is 0 Å². The zero-order valence-electron chi connectivity index (χ0n) is 13.3. The van der Waals surface area contributed by atoms with Crippen LogP contribution >= 0.6 is 0 Å². The number of benzene rings is 2. The first-order valence-electron chi connectivity index (χ1n) is 7.70. The van der Waals surface area contributed by atoms with E-state index in [1.165, 1.54) is 0 Å². The van der Waals surface area contributed by atoms with Crippen LogP contribution in [0.3, 0.4) is 0 Å². The molecule has 0 saturated heterocycles. The summed E-state index contributed by atoms with van der Waals surface area (Å²) in [5, 5.41) is 0.643. The summed E-state index contributed by atoms with van der Waals surface area (Å²) in [4.78, 5) is 33.2. The van der Waals surface area contributed by atoms with Crippen LogP contribution in [0.15, 0.2) is 58.1 Å². The van der Waals surface area contributed by atoms with Gasteiger partial charge < -0.3 is 0 Å². The zero-order valence-corrected chi connectivity index (χ0v) is 13.3. The highest BCUT2D eigenvalue weighted by Crippen LogP contribution is 2.23. The second-order valence-corrected chi connectivity index (χ2v) is 6.02. The van der Waals surface area contributed by atoms with Gasteiger partial charge in [0.2, 0.25) is 0 Å². The van der Waals surface area contributed by atoms with Crippen LogP contribution in [0.5, 0.6) is 0 Å². The molecule has 0 aromatic heterocycles. The Bertz CT molecular complexity index is 1120. The minimum absolute atomic E-state index is 0.321. The van der Waals surface area contributed by atoms with Crippen LogP contribution in [0.2, 0.25) is 0 Å². The van der Waals surface area contributed by atoms with E-state index in [4.69, 9.17) is 0 Å². The molecular formula is C20H14N2O2. The minimum Gasteiger partial charge on any atom is -0.267 e. The first kappa shape index (κ1) is 14.5. The molecule has 0 spiro atoms. The first-order chi connectivity index (χ1) is 11.5. The van der Waals surface area contributed by atoms with Crippen LogP contribution in [0.4, 0.5) is 0 Å². The Morgan fingerprint density at radius 2 is 1.08 bits per heavy atom. The van der Waals surface area contributed by atoms with Crippen molar-refractivity contribution in [2.75, 3.05) is 0 Å². The third kappa shape index (κ3) is 2.15. The van der Waals surface area contributed by atoms with Gasteiger partial charge in [-0.05, 0) is 26.0 Å². The van der Waals surface area contributed by atoms with Gasteiger partial charge in [0.1, 0.15) is 0 Å². The molecule has 4 heteroatoms. The van der Waals surface area contributed by atoms with Gasteiger partial charge in [-0.15, -0.1) is 0 Å². The van der Waals surface area contributed by atoms with Crippen molar-refractivity contribution in [1.82, 2.24) is 9.97 Å². The highest BCUT2D eigenvalue weighted by Gasteiger charge is 2.19. The van der Waals surface area contributed by atoms with Gasteiger partial charge in [0.25, 0.3) is 11.1 Å². The smallest absolute Gasteiger partial charge is 0.267 e. The first-order valence-corrected chi connectivity index (χ1v) is 7.70. The maximum absolute atomic E-state index is 12.5. The zero-order chi connectivity index (χ0) is 16.8. The highest BCUT2D eigenvalue weighted by atomic mass is 16.1. The van der Waals surface area contributed by atoms with Crippen molar-refractivity contribution in [3.8, 4) is 22.5 Å². The molecule has 0 saturated carbocycles. The van der Waals surface area contributed by atoms with Crippen LogP contribution in [-0.2, 0) is 0 Å². The Hall–Kier alpha value is -3.14. The van der Waals surface area contributed by atoms with Crippen LogP contribution in [-0.4, -0.2) is 9.97 Å². The maximum atomic E-state index is 12.5. The van der Waals surface area contributed by atoms with Gasteiger partial charge >= 0.3 is 0 Å². The lowest BCUT2D eigenvalue weighted by Gasteiger charge is -1.97. The van der Waals surface area contributed by atoms with E-state index in [9.17, 15) is 9.59 Å². The topological polar surface area (TPSA) is 59.9 Å². The maximum Gasteiger partial charge on any atom is 0.280 e. The monoisotopic (exact) mass is 314 g/mol. The molecule has 0 aliphatic carbocycles. The lowest BCUT2D eigenvalue weighted by Crippen LogP contribution is -2.04. The van der Waals surface area contributed by atoms with E-state index >= 15 is 0 Å². The summed E-state index contributed by atoms with van der Waals surface area (Å²) in [5.41, 5.74) is 3.68. The SMILES string of the molecule is Cc1cccc(-c2nc(=O)c3c(-c4cccc(C)c4)nc(=O)c2=3)c1. The summed E-state index contributed by atoms with van der Waals surface area (Å²) in [6.45, 7) is 3.92. The number of hydrogen-bond donors (Lipinski definition) is 0. The lowest BCUT2D eigenvalue weighted by molar-refractivity contribution is 1.23. The Balaban J connectivity index is 2.09. The summed E-state index contributed by atoms with van der Waals surface area (Å²) in [5.74, 6) is 0. The molecule has 2 aliphatic heterocycles. The number of aryl methyl sites for hydroxylation is 2. The van der Waals surface area contributed by atoms with Crippen molar-refractivity contribution in [1.29, 1.82) is 0 Å². The number of aromatic nitrogens is 2. The van der Waals surface area contributed by atoms with Crippen molar-refractivity contribution in [3.05, 3.63) is 90.8 Å². The molecule has 116 valence electrons. The molecule has 0 radical (unpaired) electrons. The van der Waals surface area contributed by atoms with E-state index < -0.39 is 11.1 Å². The Kier molecular flexibility index (Phi) is 3.13.